The fraction of sp³-hybridized carbons (Fsp3) is 0.562. The van der Waals surface area contributed by atoms with E-state index in [0.717, 1.165) is 22.6 Å². The van der Waals surface area contributed by atoms with Crippen molar-refractivity contribution < 1.29 is 4.79 Å². The molecule has 1 aromatic rings. The highest BCUT2D eigenvalue weighted by atomic mass is 32.2. The summed E-state index contributed by atoms with van der Waals surface area (Å²) in [7, 11) is 0. The third-order valence-electron chi connectivity index (χ3n) is 5.19. The molecule has 2 bridgehead atoms. The zero-order valence-corrected chi connectivity index (χ0v) is 12.9. The number of carbonyl (C=O) groups excluding carboxylic acids is 1. The van der Waals surface area contributed by atoms with Gasteiger partial charge in [0, 0.05) is 18.4 Å². The summed E-state index contributed by atoms with van der Waals surface area (Å²) in [6, 6.07) is 4.32. The van der Waals surface area contributed by atoms with Crippen molar-refractivity contribution in [2.75, 3.05) is 0 Å². The summed E-state index contributed by atoms with van der Waals surface area (Å²) in [4.78, 5) is 20.7. The van der Waals surface area contributed by atoms with Gasteiger partial charge < -0.3 is 5.32 Å². The van der Waals surface area contributed by atoms with Gasteiger partial charge in [-0.2, -0.15) is 4.99 Å². The van der Waals surface area contributed by atoms with E-state index in [2.05, 4.69) is 15.3 Å². The molecule has 110 valence electrons. The Kier molecular flexibility index (Phi) is 3.06. The van der Waals surface area contributed by atoms with Gasteiger partial charge in [0.25, 0.3) is 5.91 Å². The maximum absolute atomic E-state index is 12.4. The average Bonchev–Trinajstić information content (AvgIpc) is 3.16. The van der Waals surface area contributed by atoms with E-state index in [-0.39, 0.29) is 5.91 Å². The van der Waals surface area contributed by atoms with Crippen LogP contribution in [0.5, 0.6) is 0 Å². The molecule has 4 atom stereocenters. The van der Waals surface area contributed by atoms with Crippen molar-refractivity contribution in [2.24, 2.45) is 16.8 Å². The first-order chi connectivity index (χ1) is 10.1. The summed E-state index contributed by atoms with van der Waals surface area (Å²) in [5, 5.41) is 4.34. The second kappa shape index (κ2) is 4.83. The van der Waals surface area contributed by atoms with E-state index in [1.165, 1.54) is 25.7 Å². The zero-order valence-electron chi connectivity index (χ0n) is 12.1. The molecular formula is C16H19N3OS. The van der Waals surface area contributed by atoms with E-state index in [0.29, 0.717) is 6.04 Å². The lowest BCUT2D eigenvalue weighted by atomic mass is 9.96. The quantitative estimate of drug-likeness (QED) is 0.912. The molecule has 1 N–H and O–H groups in total. The van der Waals surface area contributed by atoms with Crippen LogP contribution in [0, 0.1) is 11.8 Å². The zero-order chi connectivity index (χ0) is 14.4. The molecule has 1 aliphatic heterocycles. The number of nitrogens with one attached hydrogen (secondary N) is 1. The van der Waals surface area contributed by atoms with Gasteiger partial charge in [-0.05, 0) is 55.7 Å². The summed E-state index contributed by atoms with van der Waals surface area (Å²) < 4.78 is -0.608. The fourth-order valence-electron chi connectivity index (χ4n) is 3.95. The normalized spacial score (nSPS) is 37.9. The van der Waals surface area contributed by atoms with Gasteiger partial charge in [0.2, 0.25) is 0 Å². The van der Waals surface area contributed by atoms with Gasteiger partial charge in [0.05, 0.1) is 0 Å². The van der Waals surface area contributed by atoms with Crippen LogP contribution in [0.3, 0.4) is 0 Å². The van der Waals surface area contributed by atoms with Gasteiger partial charge in [-0.25, -0.2) is 0 Å². The number of hydrogen-bond donors (Lipinski definition) is 1. The molecule has 1 amide bonds. The second-order valence-corrected chi connectivity index (χ2v) is 7.93. The van der Waals surface area contributed by atoms with Crippen molar-refractivity contribution >= 4 is 22.8 Å². The maximum Gasteiger partial charge on any atom is 0.268 e. The lowest BCUT2D eigenvalue weighted by Gasteiger charge is -2.25. The molecule has 5 heteroatoms. The lowest BCUT2D eigenvalue weighted by Crippen LogP contribution is -2.37. The molecular weight excluding hydrogens is 282 g/mol. The van der Waals surface area contributed by atoms with E-state index >= 15 is 0 Å². The predicted octanol–water partition coefficient (Wildman–Crippen LogP) is 2.70. The van der Waals surface area contributed by atoms with Gasteiger partial charge in [0.15, 0.2) is 5.17 Å². The monoisotopic (exact) mass is 301 g/mol. The number of thioether (sulfide) groups is 1. The minimum Gasteiger partial charge on any atom is -0.361 e. The third kappa shape index (κ3) is 2.18. The molecule has 3 aliphatic rings. The number of rotatable bonds is 2. The van der Waals surface area contributed by atoms with Crippen LogP contribution >= 0.6 is 11.8 Å². The molecule has 4 nitrogen and oxygen atoms in total. The summed E-state index contributed by atoms with van der Waals surface area (Å²) in [5.74, 6) is 1.60. The molecule has 0 radical (unpaired) electrons. The van der Waals surface area contributed by atoms with Crippen LogP contribution in [0.4, 0.5) is 0 Å². The largest absolute Gasteiger partial charge is 0.361 e. The SMILES string of the molecule is CC1(c2ccncc2)SC(N[C@H]2C[C@@H]3CCC2C3)=NC1=O. The molecule has 0 spiro atoms. The first-order valence-corrected chi connectivity index (χ1v) is 8.46. The van der Waals surface area contributed by atoms with E-state index in [9.17, 15) is 4.79 Å². The Morgan fingerprint density at radius 3 is 2.76 bits per heavy atom. The van der Waals surface area contributed by atoms with Crippen LogP contribution in [0.1, 0.15) is 38.2 Å². The van der Waals surface area contributed by atoms with Crippen LogP contribution < -0.4 is 5.32 Å². The van der Waals surface area contributed by atoms with Crippen LogP contribution in [-0.4, -0.2) is 22.1 Å². The second-order valence-electron chi connectivity index (χ2n) is 6.52. The number of fused-ring (bicyclic) bond motifs is 2. The number of carbonyl (C=O) groups is 1. The predicted molar refractivity (Wildman–Crippen MR) is 84.0 cm³/mol. The minimum absolute atomic E-state index is 0.0654. The van der Waals surface area contributed by atoms with Crippen molar-refractivity contribution in [3.8, 4) is 0 Å². The Morgan fingerprint density at radius 1 is 1.29 bits per heavy atom. The van der Waals surface area contributed by atoms with Crippen molar-refractivity contribution in [3.05, 3.63) is 30.1 Å². The fourth-order valence-corrected chi connectivity index (χ4v) is 5.07. The third-order valence-corrected chi connectivity index (χ3v) is 6.41. The minimum atomic E-state index is -0.608. The standard InChI is InChI=1S/C16H19N3OS/c1-16(12-4-6-17-7-5-12)14(20)19-15(21-16)18-13-9-10-2-3-11(13)8-10/h4-7,10-11,13H,2-3,8-9H2,1H3,(H,18,19,20)/t10-,11?,13+,16?/m1/s1. The molecule has 2 aliphatic carbocycles. The van der Waals surface area contributed by atoms with E-state index in [1.807, 2.05) is 19.1 Å². The highest BCUT2D eigenvalue weighted by Gasteiger charge is 2.45. The summed E-state index contributed by atoms with van der Waals surface area (Å²) >= 11 is 1.55. The van der Waals surface area contributed by atoms with Crippen LogP contribution in [0.2, 0.25) is 0 Å². The molecule has 1 aromatic heterocycles. The topological polar surface area (TPSA) is 54.4 Å². The van der Waals surface area contributed by atoms with Gasteiger partial charge in [-0.3, -0.25) is 9.78 Å². The Labute approximate surface area is 128 Å². The lowest BCUT2D eigenvalue weighted by molar-refractivity contribution is -0.119. The number of aliphatic imine (C=N–C) groups is 1. The molecule has 0 aromatic carbocycles. The van der Waals surface area contributed by atoms with Gasteiger partial charge in [-0.15, -0.1) is 0 Å². The van der Waals surface area contributed by atoms with Crippen molar-refractivity contribution in [1.82, 2.24) is 10.3 Å². The van der Waals surface area contributed by atoms with E-state index < -0.39 is 4.75 Å². The van der Waals surface area contributed by atoms with Crippen molar-refractivity contribution in [1.29, 1.82) is 0 Å². The molecule has 4 rings (SSSR count). The molecule has 2 saturated carbocycles. The van der Waals surface area contributed by atoms with Gasteiger partial charge in [0.1, 0.15) is 4.75 Å². The summed E-state index contributed by atoms with van der Waals surface area (Å²) in [6.45, 7) is 1.95. The Bertz CT molecular complexity index is 603. The molecule has 0 saturated heterocycles. The summed E-state index contributed by atoms with van der Waals surface area (Å²) in [5.41, 5.74) is 0.973. The molecule has 21 heavy (non-hydrogen) atoms. The molecule has 2 fully saturated rings. The van der Waals surface area contributed by atoms with Crippen molar-refractivity contribution in [2.45, 2.75) is 43.4 Å². The number of nitrogens with zero attached hydrogens (tertiary/aromatic N) is 2. The first-order valence-electron chi connectivity index (χ1n) is 7.64. The maximum atomic E-state index is 12.4. The van der Waals surface area contributed by atoms with Gasteiger partial charge >= 0.3 is 0 Å². The van der Waals surface area contributed by atoms with Gasteiger partial charge in [-0.1, -0.05) is 18.2 Å². The number of pyridine rings is 1. The molecule has 2 heterocycles. The van der Waals surface area contributed by atoms with Crippen LogP contribution in [0.25, 0.3) is 0 Å². The highest BCUT2D eigenvalue weighted by Crippen LogP contribution is 2.46. The Balaban J connectivity index is 1.50. The number of aromatic nitrogens is 1. The summed E-state index contributed by atoms with van der Waals surface area (Å²) in [6.07, 6.45) is 8.77. The Morgan fingerprint density at radius 2 is 2.10 bits per heavy atom. The number of amidine groups is 1. The molecule has 2 unspecified atom stereocenters. The number of hydrogen-bond acceptors (Lipinski definition) is 4. The smallest absolute Gasteiger partial charge is 0.268 e. The highest BCUT2D eigenvalue weighted by molar-refractivity contribution is 8.15. The average molecular weight is 301 g/mol. The Hall–Kier alpha value is -1.36. The van der Waals surface area contributed by atoms with Crippen LogP contribution in [0.15, 0.2) is 29.5 Å². The van der Waals surface area contributed by atoms with Crippen molar-refractivity contribution in [3.63, 3.8) is 0 Å². The first kappa shape index (κ1) is 13.3. The van der Waals surface area contributed by atoms with E-state index in [1.54, 1.807) is 24.2 Å². The number of amides is 1. The van der Waals surface area contributed by atoms with E-state index in [4.69, 9.17) is 0 Å². The van der Waals surface area contributed by atoms with Crippen LogP contribution in [-0.2, 0) is 9.54 Å².